The number of ether oxygens (including phenoxy) is 1. The van der Waals surface area contributed by atoms with E-state index in [0.717, 1.165) is 0 Å². The summed E-state index contributed by atoms with van der Waals surface area (Å²) in [4.78, 5) is 39.7. The smallest absolute Gasteiger partial charge is 0.269 e. The van der Waals surface area contributed by atoms with Crippen molar-refractivity contribution in [3.05, 3.63) is 53.9 Å². The van der Waals surface area contributed by atoms with Gasteiger partial charge in [0.15, 0.2) is 0 Å². The Kier molecular flexibility index (Phi) is 7.45. The minimum Gasteiger partial charge on any atom is -0.385 e. The normalized spacial score (nSPS) is 10.1. The molecule has 1 heterocycles. The van der Waals surface area contributed by atoms with E-state index in [1.54, 1.807) is 31.4 Å². The first-order valence-electron chi connectivity index (χ1n) is 8.42. The predicted octanol–water partition coefficient (Wildman–Crippen LogP) is 2.06. The summed E-state index contributed by atoms with van der Waals surface area (Å²) in [7, 11) is 1.59. The predicted molar refractivity (Wildman–Crippen MR) is 102 cm³/mol. The van der Waals surface area contributed by atoms with E-state index in [-0.39, 0.29) is 23.4 Å². The fourth-order valence-corrected chi connectivity index (χ4v) is 2.29. The number of pyridine rings is 1. The number of nitrogens with zero attached hydrogens (tertiary/aromatic N) is 1. The van der Waals surface area contributed by atoms with Crippen LogP contribution in [0.2, 0.25) is 0 Å². The van der Waals surface area contributed by atoms with Crippen molar-refractivity contribution in [2.24, 2.45) is 0 Å². The Hall–Kier alpha value is -3.26. The van der Waals surface area contributed by atoms with Crippen LogP contribution in [-0.4, -0.2) is 43.0 Å². The number of nitrogens with one attached hydrogen (secondary N) is 3. The Balaban J connectivity index is 2.02. The van der Waals surface area contributed by atoms with Crippen molar-refractivity contribution in [3.8, 4) is 0 Å². The van der Waals surface area contributed by atoms with E-state index in [9.17, 15) is 14.4 Å². The summed E-state index contributed by atoms with van der Waals surface area (Å²) in [5, 5.41) is 8.10. The molecule has 0 fully saturated rings. The second-order valence-electron chi connectivity index (χ2n) is 5.75. The third kappa shape index (κ3) is 6.52. The van der Waals surface area contributed by atoms with Crippen LogP contribution in [0.25, 0.3) is 0 Å². The Morgan fingerprint density at radius 3 is 2.48 bits per heavy atom. The molecule has 2 rings (SSSR count). The number of hydrogen-bond acceptors (Lipinski definition) is 5. The zero-order chi connectivity index (χ0) is 19.6. The van der Waals surface area contributed by atoms with Gasteiger partial charge in [0.25, 0.3) is 11.8 Å². The van der Waals surface area contributed by atoms with Crippen LogP contribution >= 0.6 is 0 Å². The summed E-state index contributed by atoms with van der Waals surface area (Å²) in [5.74, 6) is -0.937. The van der Waals surface area contributed by atoms with E-state index in [2.05, 4.69) is 20.9 Å². The minimum atomic E-state index is -0.384. The third-order valence-electron chi connectivity index (χ3n) is 3.51. The van der Waals surface area contributed by atoms with Gasteiger partial charge in [-0.15, -0.1) is 0 Å². The van der Waals surface area contributed by atoms with Crippen LogP contribution in [0.3, 0.4) is 0 Å². The highest BCUT2D eigenvalue weighted by molar-refractivity contribution is 6.06. The number of carbonyl (C=O) groups excluding carboxylic acids is 3. The van der Waals surface area contributed by atoms with Crippen molar-refractivity contribution >= 4 is 29.1 Å². The van der Waals surface area contributed by atoms with Crippen LogP contribution in [0.15, 0.2) is 42.6 Å². The number of methoxy groups -OCH3 is 1. The molecule has 0 unspecified atom stereocenters. The molecule has 27 heavy (non-hydrogen) atoms. The topological polar surface area (TPSA) is 109 Å². The van der Waals surface area contributed by atoms with Crippen LogP contribution in [-0.2, 0) is 9.53 Å². The van der Waals surface area contributed by atoms with Gasteiger partial charge in [-0.2, -0.15) is 0 Å². The molecule has 0 spiro atoms. The zero-order valence-corrected chi connectivity index (χ0v) is 15.2. The monoisotopic (exact) mass is 370 g/mol. The number of rotatable bonds is 8. The van der Waals surface area contributed by atoms with Crippen molar-refractivity contribution in [2.75, 3.05) is 30.9 Å². The number of benzene rings is 1. The van der Waals surface area contributed by atoms with E-state index >= 15 is 0 Å². The summed E-state index contributed by atoms with van der Waals surface area (Å²) in [6.07, 6.45) is 2.10. The van der Waals surface area contributed by atoms with Gasteiger partial charge in [0, 0.05) is 50.3 Å². The fraction of sp³-hybridized carbons (Fsp3) is 0.263. The summed E-state index contributed by atoms with van der Waals surface area (Å²) < 4.78 is 4.92. The average molecular weight is 370 g/mol. The van der Waals surface area contributed by atoms with Gasteiger partial charge in [-0.1, -0.05) is 6.07 Å². The lowest BCUT2D eigenvalue weighted by Gasteiger charge is -2.09. The van der Waals surface area contributed by atoms with E-state index in [1.165, 1.54) is 25.3 Å². The highest BCUT2D eigenvalue weighted by Gasteiger charge is 2.12. The molecule has 2 aromatic rings. The highest BCUT2D eigenvalue weighted by Crippen LogP contribution is 2.16. The number of hydrogen-bond donors (Lipinski definition) is 3. The van der Waals surface area contributed by atoms with Gasteiger partial charge in [0.1, 0.15) is 5.69 Å². The maximum atomic E-state index is 12.4. The molecule has 0 radical (unpaired) electrons. The molecule has 3 amide bonds. The Labute approximate surface area is 157 Å². The van der Waals surface area contributed by atoms with Crippen LogP contribution in [0.1, 0.15) is 34.2 Å². The minimum absolute atomic E-state index is 0.159. The molecule has 0 bridgehead atoms. The molecular weight excluding hydrogens is 348 g/mol. The molecular formula is C19H22N4O4. The first-order chi connectivity index (χ1) is 13.0. The number of amides is 3. The van der Waals surface area contributed by atoms with Crippen molar-refractivity contribution < 1.29 is 19.1 Å². The van der Waals surface area contributed by atoms with Crippen molar-refractivity contribution in [1.29, 1.82) is 0 Å². The van der Waals surface area contributed by atoms with Crippen LogP contribution in [0.5, 0.6) is 0 Å². The van der Waals surface area contributed by atoms with Gasteiger partial charge in [-0.25, -0.2) is 0 Å². The second kappa shape index (κ2) is 10.0. The van der Waals surface area contributed by atoms with Crippen molar-refractivity contribution in [2.45, 2.75) is 13.3 Å². The summed E-state index contributed by atoms with van der Waals surface area (Å²) in [5.41, 5.74) is 1.56. The van der Waals surface area contributed by atoms with E-state index in [1.807, 2.05) is 0 Å². The number of aromatic nitrogens is 1. The number of anilines is 2. The second-order valence-corrected chi connectivity index (χ2v) is 5.75. The zero-order valence-electron chi connectivity index (χ0n) is 15.2. The van der Waals surface area contributed by atoms with Gasteiger partial charge in [-0.05, 0) is 36.8 Å². The molecule has 0 saturated heterocycles. The van der Waals surface area contributed by atoms with Gasteiger partial charge >= 0.3 is 0 Å². The molecule has 0 saturated carbocycles. The first kappa shape index (κ1) is 20.1. The summed E-state index contributed by atoms with van der Waals surface area (Å²) in [6.45, 7) is 2.42. The Bertz CT molecular complexity index is 823. The molecule has 0 aliphatic heterocycles. The molecule has 8 heteroatoms. The molecule has 8 nitrogen and oxygen atoms in total. The molecule has 0 aliphatic carbocycles. The summed E-state index contributed by atoms with van der Waals surface area (Å²) in [6, 6.07) is 9.73. The highest BCUT2D eigenvalue weighted by atomic mass is 16.5. The maximum Gasteiger partial charge on any atom is 0.269 e. The molecule has 1 aromatic carbocycles. The maximum absolute atomic E-state index is 12.4. The molecule has 0 aliphatic rings. The van der Waals surface area contributed by atoms with E-state index < -0.39 is 0 Å². The SMILES string of the molecule is COCCCNC(=O)c1cc(C(=O)Nc2cccc(NC(C)=O)c2)ccn1. The van der Waals surface area contributed by atoms with Crippen LogP contribution in [0, 0.1) is 0 Å². The van der Waals surface area contributed by atoms with Gasteiger partial charge in [-0.3, -0.25) is 19.4 Å². The lowest BCUT2D eigenvalue weighted by molar-refractivity contribution is -0.114. The Morgan fingerprint density at radius 2 is 1.78 bits per heavy atom. The van der Waals surface area contributed by atoms with Gasteiger partial charge < -0.3 is 20.7 Å². The van der Waals surface area contributed by atoms with Crippen molar-refractivity contribution in [1.82, 2.24) is 10.3 Å². The van der Waals surface area contributed by atoms with Gasteiger partial charge in [0.05, 0.1) is 0 Å². The first-order valence-corrected chi connectivity index (χ1v) is 8.42. The van der Waals surface area contributed by atoms with Crippen molar-refractivity contribution in [3.63, 3.8) is 0 Å². The molecule has 3 N–H and O–H groups in total. The largest absolute Gasteiger partial charge is 0.385 e. The molecule has 1 aromatic heterocycles. The van der Waals surface area contributed by atoms with E-state index in [0.29, 0.717) is 36.5 Å². The van der Waals surface area contributed by atoms with Crippen LogP contribution < -0.4 is 16.0 Å². The van der Waals surface area contributed by atoms with E-state index in [4.69, 9.17) is 4.74 Å². The van der Waals surface area contributed by atoms with Crippen LogP contribution in [0.4, 0.5) is 11.4 Å². The number of carbonyl (C=O) groups is 3. The van der Waals surface area contributed by atoms with Gasteiger partial charge in [0.2, 0.25) is 5.91 Å². The summed E-state index contributed by atoms with van der Waals surface area (Å²) >= 11 is 0. The Morgan fingerprint density at radius 1 is 1.04 bits per heavy atom. The third-order valence-corrected chi connectivity index (χ3v) is 3.51. The molecule has 142 valence electrons. The standard InChI is InChI=1S/C19H22N4O4/c1-13(24)22-15-5-3-6-16(12-15)23-18(25)14-7-9-20-17(11-14)19(26)21-8-4-10-27-2/h3,5-7,9,11-12H,4,8,10H2,1-2H3,(H,21,26)(H,22,24)(H,23,25). The lowest BCUT2D eigenvalue weighted by atomic mass is 10.2. The average Bonchev–Trinajstić information content (AvgIpc) is 2.65. The molecule has 0 atom stereocenters. The lowest BCUT2D eigenvalue weighted by Crippen LogP contribution is -2.26. The quantitative estimate of drug-likeness (QED) is 0.616. The fourth-order valence-electron chi connectivity index (χ4n) is 2.29.